The van der Waals surface area contributed by atoms with Crippen molar-refractivity contribution in [2.45, 2.75) is 38.6 Å². The third-order valence-electron chi connectivity index (χ3n) is 4.51. The van der Waals surface area contributed by atoms with Gasteiger partial charge in [0.1, 0.15) is 17.5 Å². The Kier molecular flexibility index (Phi) is 7.28. The van der Waals surface area contributed by atoms with Gasteiger partial charge in [0.2, 0.25) is 15.9 Å². The number of ether oxygens (including phenoxy) is 2. The SMILES string of the molecule is CCCS(=O)(=O)N1CCCC1C(=O)NCCc1cc(OC)ccc1OC. The van der Waals surface area contributed by atoms with Gasteiger partial charge in [0.05, 0.1) is 20.0 Å². The van der Waals surface area contributed by atoms with E-state index in [0.717, 1.165) is 17.1 Å². The van der Waals surface area contributed by atoms with Crippen molar-refractivity contribution in [2.75, 3.05) is 33.1 Å². The minimum absolute atomic E-state index is 0.0811. The molecule has 7 nitrogen and oxygen atoms in total. The van der Waals surface area contributed by atoms with Crippen LogP contribution in [-0.2, 0) is 21.2 Å². The highest BCUT2D eigenvalue weighted by molar-refractivity contribution is 7.89. The number of rotatable bonds is 9. The Balaban J connectivity index is 1.96. The van der Waals surface area contributed by atoms with E-state index in [4.69, 9.17) is 9.47 Å². The maximum Gasteiger partial charge on any atom is 0.238 e. The monoisotopic (exact) mass is 384 g/mol. The number of carbonyl (C=O) groups is 1. The second-order valence-electron chi connectivity index (χ2n) is 6.30. The van der Waals surface area contributed by atoms with Gasteiger partial charge in [-0.05, 0) is 49.4 Å². The molecule has 0 saturated carbocycles. The van der Waals surface area contributed by atoms with Crippen molar-refractivity contribution < 1.29 is 22.7 Å². The van der Waals surface area contributed by atoms with Gasteiger partial charge in [-0.1, -0.05) is 6.92 Å². The lowest BCUT2D eigenvalue weighted by Crippen LogP contribution is -2.46. The molecule has 0 spiro atoms. The molecule has 2 rings (SSSR count). The highest BCUT2D eigenvalue weighted by Crippen LogP contribution is 2.25. The van der Waals surface area contributed by atoms with E-state index in [9.17, 15) is 13.2 Å². The van der Waals surface area contributed by atoms with Gasteiger partial charge in [-0.25, -0.2) is 8.42 Å². The summed E-state index contributed by atoms with van der Waals surface area (Å²) in [7, 11) is -0.173. The van der Waals surface area contributed by atoms with E-state index in [0.29, 0.717) is 38.8 Å². The summed E-state index contributed by atoms with van der Waals surface area (Å²) in [5.74, 6) is 1.30. The Labute approximate surface area is 155 Å². The second-order valence-corrected chi connectivity index (χ2v) is 8.34. The average Bonchev–Trinajstić information content (AvgIpc) is 3.12. The molecule has 0 bridgehead atoms. The fraction of sp³-hybridized carbons (Fsp3) is 0.611. The lowest BCUT2D eigenvalue weighted by molar-refractivity contribution is -0.124. The Bertz CT molecular complexity index is 720. The molecular formula is C18H28N2O5S. The molecule has 26 heavy (non-hydrogen) atoms. The van der Waals surface area contributed by atoms with Crippen molar-refractivity contribution in [3.05, 3.63) is 23.8 Å². The van der Waals surface area contributed by atoms with Crippen LogP contribution >= 0.6 is 0 Å². The van der Waals surface area contributed by atoms with Gasteiger partial charge in [-0.2, -0.15) is 4.31 Å². The predicted octanol–water partition coefficient (Wildman–Crippen LogP) is 1.57. The number of methoxy groups -OCH3 is 2. The van der Waals surface area contributed by atoms with Crippen molar-refractivity contribution in [2.24, 2.45) is 0 Å². The van der Waals surface area contributed by atoms with Gasteiger partial charge in [-0.15, -0.1) is 0 Å². The zero-order chi connectivity index (χ0) is 19.2. The van der Waals surface area contributed by atoms with E-state index in [2.05, 4.69) is 5.32 Å². The maximum absolute atomic E-state index is 12.5. The van der Waals surface area contributed by atoms with E-state index < -0.39 is 16.1 Å². The van der Waals surface area contributed by atoms with E-state index in [1.54, 1.807) is 14.2 Å². The summed E-state index contributed by atoms with van der Waals surface area (Å²) in [6, 6.07) is 4.92. The van der Waals surface area contributed by atoms with Gasteiger partial charge in [0.25, 0.3) is 0 Å². The number of amides is 1. The van der Waals surface area contributed by atoms with Crippen LogP contribution in [0.25, 0.3) is 0 Å². The van der Waals surface area contributed by atoms with Crippen LogP contribution in [0.4, 0.5) is 0 Å². The van der Waals surface area contributed by atoms with Crippen molar-refractivity contribution in [1.82, 2.24) is 9.62 Å². The van der Waals surface area contributed by atoms with Crippen LogP contribution in [0.15, 0.2) is 18.2 Å². The number of nitrogens with zero attached hydrogens (tertiary/aromatic N) is 1. The van der Waals surface area contributed by atoms with Gasteiger partial charge in [0, 0.05) is 13.1 Å². The van der Waals surface area contributed by atoms with E-state index >= 15 is 0 Å². The van der Waals surface area contributed by atoms with E-state index in [1.165, 1.54) is 4.31 Å². The van der Waals surface area contributed by atoms with Gasteiger partial charge < -0.3 is 14.8 Å². The molecule has 1 saturated heterocycles. The summed E-state index contributed by atoms with van der Waals surface area (Å²) in [6.07, 6.45) is 2.39. The molecule has 8 heteroatoms. The Morgan fingerprint density at radius 1 is 1.31 bits per heavy atom. The van der Waals surface area contributed by atoms with Crippen molar-refractivity contribution >= 4 is 15.9 Å². The quantitative estimate of drug-likeness (QED) is 0.698. The van der Waals surface area contributed by atoms with Crippen molar-refractivity contribution in [3.63, 3.8) is 0 Å². The molecule has 1 N–H and O–H groups in total. The summed E-state index contributed by atoms with van der Waals surface area (Å²) >= 11 is 0. The standard InChI is InChI=1S/C18H28N2O5S/c1-4-12-26(22,23)20-11-5-6-16(20)18(21)19-10-9-14-13-15(24-2)7-8-17(14)25-3/h7-8,13,16H,4-6,9-12H2,1-3H3,(H,19,21). The van der Waals surface area contributed by atoms with Crippen LogP contribution in [0.3, 0.4) is 0 Å². The molecule has 146 valence electrons. The summed E-state index contributed by atoms with van der Waals surface area (Å²) in [5, 5.41) is 2.86. The zero-order valence-electron chi connectivity index (χ0n) is 15.7. The lowest BCUT2D eigenvalue weighted by Gasteiger charge is -2.23. The number of sulfonamides is 1. The molecule has 1 heterocycles. The Hall–Kier alpha value is -1.80. The van der Waals surface area contributed by atoms with Crippen LogP contribution < -0.4 is 14.8 Å². The summed E-state index contributed by atoms with van der Waals surface area (Å²) in [6.45, 7) is 2.65. The average molecular weight is 384 g/mol. The highest BCUT2D eigenvalue weighted by atomic mass is 32.2. The molecule has 1 atom stereocenters. The largest absolute Gasteiger partial charge is 0.497 e. The molecule has 1 unspecified atom stereocenters. The zero-order valence-corrected chi connectivity index (χ0v) is 16.5. The summed E-state index contributed by atoms with van der Waals surface area (Å²) in [5.41, 5.74) is 0.925. The first-order chi connectivity index (χ1) is 12.4. The Morgan fingerprint density at radius 2 is 2.08 bits per heavy atom. The first kappa shape index (κ1) is 20.5. The van der Waals surface area contributed by atoms with Gasteiger partial charge in [0.15, 0.2) is 0 Å². The first-order valence-corrected chi connectivity index (χ1v) is 10.5. The van der Waals surface area contributed by atoms with E-state index in [1.807, 2.05) is 25.1 Å². The molecule has 1 aromatic carbocycles. The smallest absolute Gasteiger partial charge is 0.238 e. The van der Waals surface area contributed by atoms with Crippen LogP contribution in [0.2, 0.25) is 0 Å². The van der Waals surface area contributed by atoms with Gasteiger partial charge in [-0.3, -0.25) is 4.79 Å². The minimum Gasteiger partial charge on any atom is -0.497 e. The van der Waals surface area contributed by atoms with Gasteiger partial charge >= 0.3 is 0 Å². The molecule has 1 aliphatic heterocycles. The fourth-order valence-corrected chi connectivity index (χ4v) is 4.97. The Morgan fingerprint density at radius 3 is 2.73 bits per heavy atom. The molecular weight excluding hydrogens is 356 g/mol. The molecule has 0 aromatic heterocycles. The highest BCUT2D eigenvalue weighted by Gasteiger charge is 2.37. The minimum atomic E-state index is -3.37. The second kappa shape index (κ2) is 9.23. The van der Waals surface area contributed by atoms with Crippen LogP contribution in [-0.4, -0.2) is 57.7 Å². The fourth-order valence-electron chi connectivity index (χ4n) is 3.23. The summed E-state index contributed by atoms with van der Waals surface area (Å²) < 4.78 is 36.5. The topological polar surface area (TPSA) is 84.9 Å². The number of nitrogens with one attached hydrogen (secondary N) is 1. The summed E-state index contributed by atoms with van der Waals surface area (Å²) in [4.78, 5) is 12.5. The molecule has 0 aliphatic carbocycles. The molecule has 1 aromatic rings. The normalized spacial score (nSPS) is 17.9. The number of carbonyl (C=O) groups excluding carboxylic acids is 1. The van der Waals surface area contributed by atoms with Crippen LogP contribution in [0.5, 0.6) is 11.5 Å². The van der Waals surface area contributed by atoms with Crippen LogP contribution in [0.1, 0.15) is 31.7 Å². The molecule has 1 fully saturated rings. The molecule has 1 amide bonds. The lowest BCUT2D eigenvalue weighted by atomic mass is 10.1. The predicted molar refractivity (Wildman–Crippen MR) is 100 cm³/mol. The third kappa shape index (κ3) is 4.88. The third-order valence-corrected chi connectivity index (χ3v) is 6.58. The first-order valence-electron chi connectivity index (χ1n) is 8.91. The van der Waals surface area contributed by atoms with Crippen molar-refractivity contribution in [3.8, 4) is 11.5 Å². The number of benzene rings is 1. The number of hydrogen-bond donors (Lipinski definition) is 1. The van der Waals surface area contributed by atoms with Crippen molar-refractivity contribution in [1.29, 1.82) is 0 Å². The number of hydrogen-bond acceptors (Lipinski definition) is 5. The maximum atomic E-state index is 12.5. The molecule has 1 aliphatic rings. The van der Waals surface area contributed by atoms with Crippen LogP contribution in [0, 0.1) is 0 Å². The molecule has 0 radical (unpaired) electrons. The van der Waals surface area contributed by atoms with E-state index in [-0.39, 0.29) is 11.7 Å².